The third-order valence-corrected chi connectivity index (χ3v) is 7.24. The molecule has 178 valence electrons. The third kappa shape index (κ3) is 3.79. The van der Waals surface area contributed by atoms with Gasteiger partial charge in [0.2, 0.25) is 5.95 Å². The molecule has 1 aliphatic carbocycles. The minimum atomic E-state index is -0.269. The number of benzene rings is 1. The highest BCUT2D eigenvalue weighted by molar-refractivity contribution is 5.63. The van der Waals surface area contributed by atoms with Crippen LogP contribution in [0.3, 0.4) is 0 Å². The summed E-state index contributed by atoms with van der Waals surface area (Å²) in [7, 11) is 0. The van der Waals surface area contributed by atoms with Crippen LogP contribution in [0.1, 0.15) is 43.5 Å². The van der Waals surface area contributed by atoms with Gasteiger partial charge < -0.3 is 20.3 Å². The average Bonchev–Trinajstić information content (AvgIpc) is 3.55. The summed E-state index contributed by atoms with van der Waals surface area (Å²) >= 11 is 0. The van der Waals surface area contributed by atoms with Gasteiger partial charge in [0.25, 0.3) is 5.89 Å². The third-order valence-electron chi connectivity index (χ3n) is 7.24. The molecule has 0 spiro atoms. The van der Waals surface area contributed by atoms with Crippen LogP contribution in [0.25, 0.3) is 22.7 Å². The van der Waals surface area contributed by atoms with Crippen LogP contribution in [-0.2, 0) is 5.41 Å². The van der Waals surface area contributed by atoms with Crippen LogP contribution in [0.2, 0.25) is 0 Å². The largest absolute Gasteiger partial charge is 0.394 e. The molecule has 10 nitrogen and oxygen atoms in total. The van der Waals surface area contributed by atoms with Gasteiger partial charge in [-0.1, -0.05) is 35.8 Å². The molecule has 0 amide bonds. The first-order valence-corrected chi connectivity index (χ1v) is 11.9. The quantitative estimate of drug-likeness (QED) is 0.432. The number of rotatable bonds is 6. The molecule has 6 rings (SSSR count). The molecule has 2 aliphatic rings. The maximum absolute atomic E-state index is 9.58. The summed E-state index contributed by atoms with van der Waals surface area (Å²) in [5.74, 6) is 2.05. The molecule has 3 aromatic heterocycles. The van der Waals surface area contributed by atoms with Crippen molar-refractivity contribution < 1.29 is 9.63 Å². The molecule has 4 aromatic rings. The first-order valence-electron chi connectivity index (χ1n) is 11.9. The molecule has 3 N–H and O–H groups in total. The van der Waals surface area contributed by atoms with E-state index in [-0.39, 0.29) is 24.0 Å². The number of nitrogens with zero attached hydrogens (tertiary/aromatic N) is 7. The molecule has 0 bridgehead atoms. The van der Waals surface area contributed by atoms with E-state index in [1.165, 1.54) is 0 Å². The summed E-state index contributed by atoms with van der Waals surface area (Å²) in [4.78, 5) is 24.1. The molecular formula is C25H26N8O2. The Balaban J connectivity index is 1.24. The van der Waals surface area contributed by atoms with E-state index in [0.717, 1.165) is 61.2 Å². The van der Waals surface area contributed by atoms with Crippen LogP contribution >= 0.6 is 0 Å². The Bertz CT molecular complexity index is 1300. The number of aromatic nitrogens is 6. The molecule has 0 unspecified atom stereocenters. The minimum absolute atomic E-state index is 0.0996. The standard InChI is InChI=1S/C25H26N8O2/c26-24-29-11-17(12-30-24)16-4-6-18(7-5-16)25(8-2-9-25)23-31-22(35-32-23)20-13-28-21(14-27-20)33-10-1-3-19(33)15-34/h4-7,11-14,19,34H,1-3,8-10,15H2,(H2,26,29,30)/t19-/m0/s1. The molecule has 1 aromatic carbocycles. The number of aliphatic hydroxyl groups excluding tert-OH is 1. The number of hydrogen-bond acceptors (Lipinski definition) is 10. The highest BCUT2D eigenvalue weighted by atomic mass is 16.5. The minimum Gasteiger partial charge on any atom is -0.394 e. The molecule has 1 saturated carbocycles. The van der Waals surface area contributed by atoms with Crippen molar-refractivity contribution in [3.05, 3.63) is 60.4 Å². The van der Waals surface area contributed by atoms with E-state index in [0.29, 0.717) is 17.4 Å². The van der Waals surface area contributed by atoms with E-state index in [9.17, 15) is 5.11 Å². The number of nitrogen functional groups attached to an aromatic ring is 1. The Hall–Kier alpha value is -3.92. The second-order valence-corrected chi connectivity index (χ2v) is 9.20. The van der Waals surface area contributed by atoms with Crippen LogP contribution in [0.5, 0.6) is 0 Å². The van der Waals surface area contributed by atoms with Crippen molar-refractivity contribution in [2.45, 2.75) is 43.6 Å². The predicted molar refractivity (Wildman–Crippen MR) is 129 cm³/mol. The first kappa shape index (κ1) is 21.6. The second-order valence-electron chi connectivity index (χ2n) is 9.20. The van der Waals surface area contributed by atoms with Gasteiger partial charge in [0.1, 0.15) is 11.5 Å². The molecule has 1 atom stereocenters. The van der Waals surface area contributed by atoms with Gasteiger partial charge in [-0.05, 0) is 36.8 Å². The molecule has 35 heavy (non-hydrogen) atoms. The molecular weight excluding hydrogens is 444 g/mol. The van der Waals surface area contributed by atoms with Crippen molar-refractivity contribution in [3.63, 3.8) is 0 Å². The zero-order valence-corrected chi connectivity index (χ0v) is 19.2. The van der Waals surface area contributed by atoms with Crippen molar-refractivity contribution in [2.24, 2.45) is 0 Å². The smallest absolute Gasteiger partial charge is 0.278 e. The van der Waals surface area contributed by atoms with Crippen molar-refractivity contribution in [3.8, 4) is 22.7 Å². The van der Waals surface area contributed by atoms with Gasteiger partial charge in [-0.25, -0.2) is 19.9 Å². The predicted octanol–water partition coefficient (Wildman–Crippen LogP) is 3.00. The van der Waals surface area contributed by atoms with Crippen LogP contribution < -0.4 is 10.6 Å². The highest BCUT2D eigenvalue weighted by Gasteiger charge is 2.44. The van der Waals surface area contributed by atoms with Gasteiger partial charge in [-0.3, -0.25) is 0 Å². The van der Waals surface area contributed by atoms with Gasteiger partial charge in [0.05, 0.1) is 30.5 Å². The van der Waals surface area contributed by atoms with Crippen LogP contribution in [-0.4, -0.2) is 54.4 Å². The zero-order valence-electron chi connectivity index (χ0n) is 19.2. The summed E-state index contributed by atoms with van der Waals surface area (Å²) in [5, 5.41) is 13.9. The number of aliphatic hydroxyl groups is 1. The van der Waals surface area contributed by atoms with Crippen molar-refractivity contribution in [2.75, 3.05) is 23.8 Å². The van der Waals surface area contributed by atoms with Crippen LogP contribution in [0.15, 0.2) is 53.6 Å². The molecule has 2 fully saturated rings. The molecule has 0 radical (unpaired) electrons. The number of hydrogen-bond donors (Lipinski definition) is 2. The Morgan fingerprint density at radius 2 is 1.77 bits per heavy atom. The SMILES string of the molecule is Nc1ncc(-c2ccc(C3(c4noc(-c5cnc(N6CCC[C@H]6CO)cn5)n4)CCC3)cc2)cn1. The van der Waals surface area contributed by atoms with Gasteiger partial charge in [-0.2, -0.15) is 4.98 Å². The fourth-order valence-electron chi connectivity index (χ4n) is 5.07. The van der Waals surface area contributed by atoms with Crippen LogP contribution in [0.4, 0.5) is 11.8 Å². The van der Waals surface area contributed by atoms with Crippen molar-refractivity contribution in [1.82, 2.24) is 30.1 Å². The number of anilines is 2. The Morgan fingerprint density at radius 3 is 2.43 bits per heavy atom. The normalized spacial score (nSPS) is 19.0. The molecule has 10 heteroatoms. The highest BCUT2D eigenvalue weighted by Crippen LogP contribution is 2.48. The van der Waals surface area contributed by atoms with Gasteiger partial charge in [0.15, 0.2) is 5.82 Å². The van der Waals surface area contributed by atoms with E-state index in [4.69, 9.17) is 15.2 Å². The maximum atomic E-state index is 9.58. The monoisotopic (exact) mass is 470 g/mol. The summed E-state index contributed by atoms with van der Waals surface area (Å²) in [5.41, 5.74) is 8.97. The lowest BCUT2D eigenvalue weighted by atomic mass is 9.64. The van der Waals surface area contributed by atoms with Crippen molar-refractivity contribution >= 4 is 11.8 Å². The lowest BCUT2D eigenvalue weighted by Gasteiger charge is -2.39. The average molecular weight is 471 g/mol. The Kier molecular flexibility index (Phi) is 5.37. The van der Waals surface area contributed by atoms with Gasteiger partial charge >= 0.3 is 0 Å². The lowest BCUT2D eigenvalue weighted by molar-refractivity contribution is 0.266. The summed E-state index contributed by atoms with van der Waals surface area (Å²) < 4.78 is 5.62. The topological polar surface area (TPSA) is 140 Å². The zero-order chi connectivity index (χ0) is 23.8. The lowest BCUT2D eigenvalue weighted by Crippen LogP contribution is -2.36. The molecule has 1 aliphatic heterocycles. The van der Waals surface area contributed by atoms with Gasteiger partial charge in [-0.15, -0.1) is 0 Å². The van der Waals surface area contributed by atoms with E-state index in [2.05, 4.69) is 54.3 Å². The van der Waals surface area contributed by atoms with E-state index < -0.39 is 0 Å². The number of nitrogens with two attached hydrogens (primary N) is 1. The molecule has 4 heterocycles. The Labute approximate surface area is 202 Å². The maximum Gasteiger partial charge on any atom is 0.278 e. The van der Waals surface area contributed by atoms with E-state index in [1.54, 1.807) is 24.8 Å². The summed E-state index contributed by atoms with van der Waals surface area (Å²) in [6, 6.07) is 8.45. The van der Waals surface area contributed by atoms with Crippen LogP contribution in [0, 0.1) is 0 Å². The van der Waals surface area contributed by atoms with E-state index in [1.807, 2.05) is 0 Å². The van der Waals surface area contributed by atoms with E-state index >= 15 is 0 Å². The molecule has 1 saturated heterocycles. The van der Waals surface area contributed by atoms with Crippen molar-refractivity contribution in [1.29, 1.82) is 0 Å². The first-order chi connectivity index (χ1) is 17.2. The summed E-state index contributed by atoms with van der Waals surface area (Å²) in [6.45, 7) is 0.990. The second kappa shape index (κ2) is 8.70. The fourth-order valence-corrected chi connectivity index (χ4v) is 5.07. The van der Waals surface area contributed by atoms with Gasteiger partial charge in [0, 0.05) is 24.5 Å². The Morgan fingerprint density at radius 1 is 0.971 bits per heavy atom. The fraction of sp³-hybridized carbons (Fsp3) is 0.360. The summed E-state index contributed by atoms with van der Waals surface area (Å²) in [6.07, 6.45) is 11.8.